The zero-order valence-electron chi connectivity index (χ0n) is 25.4. The average Bonchev–Trinajstić information content (AvgIpc) is 2.93. The molecule has 0 aromatic rings. The summed E-state index contributed by atoms with van der Waals surface area (Å²) in [7, 11) is -4.75. The van der Waals surface area contributed by atoms with Crippen molar-refractivity contribution in [1.82, 2.24) is 0 Å². The SMILES string of the molecule is CC/C=C/C/C=C/C/C=C/C/C=C/CCCCC(=O)O[C@H](COC(=O)CCCCCCCCCC)COP(=O)(O)O. The minimum Gasteiger partial charge on any atom is -0.462 e. The van der Waals surface area contributed by atoms with E-state index in [2.05, 4.69) is 67.0 Å². The molecule has 0 heterocycles. The zero-order chi connectivity index (χ0) is 30.4. The number of rotatable bonds is 27. The summed E-state index contributed by atoms with van der Waals surface area (Å²) < 4.78 is 26.0. The Labute approximate surface area is 248 Å². The number of esters is 2. The Morgan fingerprint density at radius 1 is 0.659 bits per heavy atom. The van der Waals surface area contributed by atoms with Crippen LogP contribution in [-0.4, -0.2) is 41.0 Å². The van der Waals surface area contributed by atoms with Crippen LogP contribution in [0.15, 0.2) is 48.6 Å². The number of phosphoric ester groups is 1. The Bertz CT molecular complexity index is 813. The normalized spacial score (nSPS) is 13.2. The van der Waals surface area contributed by atoms with Crippen molar-refractivity contribution < 1.29 is 37.9 Å². The van der Waals surface area contributed by atoms with E-state index in [4.69, 9.17) is 19.3 Å². The van der Waals surface area contributed by atoms with E-state index in [0.717, 1.165) is 64.2 Å². The lowest BCUT2D eigenvalue weighted by molar-refractivity contribution is -0.161. The van der Waals surface area contributed by atoms with E-state index in [1.165, 1.54) is 25.7 Å². The van der Waals surface area contributed by atoms with Gasteiger partial charge in [-0.25, -0.2) is 4.57 Å². The van der Waals surface area contributed by atoms with E-state index in [-0.39, 0.29) is 19.4 Å². The first-order valence-electron chi connectivity index (χ1n) is 15.4. The predicted octanol–water partition coefficient (Wildman–Crippen LogP) is 8.45. The highest BCUT2D eigenvalue weighted by molar-refractivity contribution is 7.46. The molecule has 1 atom stereocenters. The third kappa shape index (κ3) is 30.8. The summed E-state index contributed by atoms with van der Waals surface area (Å²) in [6, 6.07) is 0. The summed E-state index contributed by atoms with van der Waals surface area (Å²) in [5.74, 6) is -0.945. The molecular formula is C32H55O8P. The van der Waals surface area contributed by atoms with E-state index in [1.807, 2.05) is 0 Å². The number of ether oxygens (including phenoxy) is 2. The second kappa shape index (κ2) is 28.1. The number of allylic oxidation sites excluding steroid dienone is 8. The van der Waals surface area contributed by atoms with Crippen molar-refractivity contribution in [3.63, 3.8) is 0 Å². The second-order valence-electron chi connectivity index (χ2n) is 10.1. The van der Waals surface area contributed by atoms with Crippen molar-refractivity contribution in [2.75, 3.05) is 13.2 Å². The number of unbranched alkanes of at least 4 members (excludes halogenated alkanes) is 9. The molecule has 0 saturated heterocycles. The average molecular weight is 599 g/mol. The topological polar surface area (TPSA) is 119 Å². The molecule has 2 N–H and O–H groups in total. The molecule has 8 nitrogen and oxygen atoms in total. The third-order valence-electron chi connectivity index (χ3n) is 6.11. The van der Waals surface area contributed by atoms with Gasteiger partial charge in [0.1, 0.15) is 6.61 Å². The Hall–Kier alpha value is -1.99. The lowest BCUT2D eigenvalue weighted by atomic mass is 10.1. The molecule has 0 aliphatic carbocycles. The van der Waals surface area contributed by atoms with E-state index < -0.39 is 32.5 Å². The maximum atomic E-state index is 12.2. The van der Waals surface area contributed by atoms with Crippen LogP contribution >= 0.6 is 7.82 Å². The highest BCUT2D eigenvalue weighted by Crippen LogP contribution is 2.35. The van der Waals surface area contributed by atoms with Gasteiger partial charge in [0.2, 0.25) is 0 Å². The van der Waals surface area contributed by atoms with Crippen molar-refractivity contribution in [1.29, 1.82) is 0 Å². The fourth-order valence-electron chi connectivity index (χ4n) is 3.83. The van der Waals surface area contributed by atoms with Crippen LogP contribution < -0.4 is 0 Å². The fourth-order valence-corrected chi connectivity index (χ4v) is 4.19. The van der Waals surface area contributed by atoms with Crippen LogP contribution in [0.2, 0.25) is 0 Å². The van der Waals surface area contributed by atoms with Crippen LogP contribution in [0.25, 0.3) is 0 Å². The Kier molecular flexibility index (Phi) is 26.8. The molecule has 236 valence electrons. The molecule has 0 aliphatic heterocycles. The summed E-state index contributed by atoms with van der Waals surface area (Å²) in [5.41, 5.74) is 0. The van der Waals surface area contributed by atoms with E-state index in [1.54, 1.807) is 0 Å². The molecular weight excluding hydrogens is 543 g/mol. The summed E-state index contributed by atoms with van der Waals surface area (Å²) in [4.78, 5) is 42.3. The number of hydrogen-bond donors (Lipinski definition) is 2. The summed E-state index contributed by atoms with van der Waals surface area (Å²) >= 11 is 0. The molecule has 0 bridgehead atoms. The van der Waals surface area contributed by atoms with Crippen LogP contribution in [0.5, 0.6) is 0 Å². The van der Waals surface area contributed by atoms with E-state index in [0.29, 0.717) is 6.42 Å². The lowest BCUT2D eigenvalue weighted by Gasteiger charge is -2.18. The molecule has 0 radical (unpaired) electrons. The van der Waals surface area contributed by atoms with Gasteiger partial charge in [-0.05, 0) is 51.4 Å². The monoisotopic (exact) mass is 598 g/mol. The molecule has 41 heavy (non-hydrogen) atoms. The Balaban J connectivity index is 4.15. The van der Waals surface area contributed by atoms with Gasteiger partial charge in [-0.3, -0.25) is 14.1 Å². The van der Waals surface area contributed by atoms with Gasteiger partial charge in [-0.2, -0.15) is 0 Å². The smallest absolute Gasteiger partial charge is 0.462 e. The van der Waals surface area contributed by atoms with Crippen molar-refractivity contribution in [2.45, 2.75) is 129 Å². The molecule has 0 aromatic carbocycles. The second-order valence-corrected chi connectivity index (χ2v) is 11.3. The number of carbonyl (C=O) groups is 2. The van der Waals surface area contributed by atoms with Gasteiger partial charge >= 0.3 is 19.8 Å². The largest absolute Gasteiger partial charge is 0.469 e. The van der Waals surface area contributed by atoms with Crippen molar-refractivity contribution in [3.8, 4) is 0 Å². The van der Waals surface area contributed by atoms with Crippen molar-refractivity contribution in [2.24, 2.45) is 0 Å². The molecule has 0 aromatic heterocycles. The molecule has 0 spiro atoms. The molecule has 0 aliphatic rings. The van der Waals surface area contributed by atoms with E-state index in [9.17, 15) is 14.2 Å². The Morgan fingerprint density at radius 3 is 1.76 bits per heavy atom. The molecule has 0 fully saturated rings. The summed E-state index contributed by atoms with van der Waals surface area (Å²) in [5, 5.41) is 0. The van der Waals surface area contributed by atoms with Gasteiger partial charge in [0.15, 0.2) is 6.10 Å². The van der Waals surface area contributed by atoms with Gasteiger partial charge < -0.3 is 19.3 Å². The number of phosphoric acid groups is 1. The van der Waals surface area contributed by atoms with E-state index >= 15 is 0 Å². The van der Waals surface area contributed by atoms with Crippen LogP contribution in [0, 0.1) is 0 Å². The van der Waals surface area contributed by atoms with Gasteiger partial charge in [0.05, 0.1) is 6.61 Å². The molecule has 0 rings (SSSR count). The molecule has 0 unspecified atom stereocenters. The lowest BCUT2D eigenvalue weighted by Crippen LogP contribution is -2.29. The standard InChI is InChI=1S/C32H55O8P/c1-3-5-7-9-11-13-14-15-16-17-18-19-21-23-25-27-32(34)40-30(29-39-41(35,36)37)28-38-31(33)26-24-22-20-12-10-8-6-4-2/h5,7,11,13,15-16,18-19,30H,3-4,6,8-10,12,14,17,20-29H2,1-2H3,(H2,35,36,37)/b7-5+,13-11+,16-15+,19-18+/t30-/m1/s1. The van der Waals surface area contributed by atoms with Crippen molar-refractivity contribution in [3.05, 3.63) is 48.6 Å². The van der Waals surface area contributed by atoms with Crippen LogP contribution in [-0.2, 0) is 28.2 Å². The first-order chi connectivity index (χ1) is 19.8. The summed E-state index contributed by atoms with van der Waals surface area (Å²) in [6.45, 7) is 3.45. The first kappa shape index (κ1) is 39.0. The van der Waals surface area contributed by atoms with Gasteiger partial charge in [-0.1, -0.05) is 107 Å². The maximum absolute atomic E-state index is 12.2. The van der Waals surface area contributed by atoms with Crippen LogP contribution in [0.4, 0.5) is 0 Å². The number of hydrogen-bond acceptors (Lipinski definition) is 6. The molecule has 9 heteroatoms. The zero-order valence-corrected chi connectivity index (χ0v) is 26.3. The summed E-state index contributed by atoms with van der Waals surface area (Å²) in [6.07, 6.45) is 31.4. The third-order valence-corrected chi connectivity index (χ3v) is 6.60. The van der Waals surface area contributed by atoms with Gasteiger partial charge in [0, 0.05) is 12.8 Å². The minimum absolute atomic E-state index is 0.159. The molecule has 0 amide bonds. The van der Waals surface area contributed by atoms with Crippen molar-refractivity contribution >= 4 is 19.8 Å². The van der Waals surface area contributed by atoms with Gasteiger partial charge in [-0.15, -0.1) is 0 Å². The molecule has 0 saturated carbocycles. The van der Waals surface area contributed by atoms with Crippen LogP contribution in [0.1, 0.15) is 123 Å². The quantitative estimate of drug-likeness (QED) is 0.0418. The fraction of sp³-hybridized carbons (Fsp3) is 0.688. The Morgan fingerprint density at radius 2 is 1.17 bits per heavy atom. The minimum atomic E-state index is -4.75. The highest BCUT2D eigenvalue weighted by atomic mass is 31.2. The van der Waals surface area contributed by atoms with Gasteiger partial charge in [0.25, 0.3) is 0 Å². The highest BCUT2D eigenvalue weighted by Gasteiger charge is 2.22. The predicted molar refractivity (Wildman–Crippen MR) is 165 cm³/mol. The maximum Gasteiger partial charge on any atom is 0.469 e. The van der Waals surface area contributed by atoms with Crippen LogP contribution in [0.3, 0.4) is 0 Å². The number of carbonyl (C=O) groups excluding carboxylic acids is 2. The first-order valence-corrected chi connectivity index (χ1v) is 17.0.